The summed E-state index contributed by atoms with van der Waals surface area (Å²) in [6, 6.07) is 5.63. The molecule has 1 aliphatic carbocycles. The highest BCUT2D eigenvalue weighted by Gasteiger charge is 2.51. The Kier molecular flexibility index (Phi) is 7.85. The van der Waals surface area contributed by atoms with Crippen molar-refractivity contribution in [3.8, 4) is 11.3 Å². The molecule has 38 heavy (non-hydrogen) atoms. The maximum atomic E-state index is 14.7. The van der Waals surface area contributed by atoms with Crippen LogP contribution in [0.15, 0.2) is 53.8 Å². The number of hydrogen-bond acceptors (Lipinski definition) is 6. The lowest BCUT2D eigenvalue weighted by Crippen LogP contribution is -2.35. The van der Waals surface area contributed by atoms with Gasteiger partial charge in [0.1, 0.15) is 17.8 Å². The Labute approximate surface area is 220 Å². The second-order valence-corrected chi connectivity index (χ2v) is 11.6. The molecule has 6 nitrogen and oxygen atoms in total. The van der Waals surface area contributed by atoms with E-state index in [1.807, 2.05) is 0 Å². The van der Waals surface area contributed by atoms with Crippen molar-refractivity contribution < 1.29 is 35.2 Å². The predicted octanol–water partition coefficient (Wildman–Crippen LogP) is 5.69. The molecular formula is C25H21ClF5N3O3S. The molecule has 1 saturated carbocycles. The molecule has 0 saturated heterocycles. The number of carbonyl (C=O) groups is 1. The van der Waals surface area contributed by atoms with Gasteiger partial charge in [-0.05, 0) is 48.7 Å². The van der Waals surface area contributed by atoms with Crippen molar-refractivity contribution in [1.82, 2.24) is 15.0 Å². The Morgan fingerprint density at radius 1 is 1.08 bits per heavy atom. The SMILES string of the molecule is C[C@@H]1C(S(=O)(=O)c2ccc(F)cc2)[C@H](C(=O)CCc2cc(-c3cnc(C(F)(F)F)nc3)ncc2Cl)C[C@H]1F. The van der Waals surface area contributed by atoms with E-state index in [1.165, 1.54) is 19.2 Å². The first-order chi connectivity index (χ1) is 17.8. The average Bonchev–Trinajstić information content (AvgIpc) is 3.18. The van der Waals surface area contributed by atoms with Gasteiger partial charge in [-0.15, -0.1) is 0 Å². The molecule has 0 bridgehead atoms. The van der Waals surface area contributed by atoms with Crippen molar-refractivity contribution >= 4 is 27.2 Å². The fourth-order valence-corrected chi connectivity index (χ4v) is 7.10. The maximum Gasteiger partial charge on any atom is 0.451 e. The van der Waals surface area contributed by atoms with Gasteiger partial charge in [0.25, 0.3) is 0 Å². The lowest BCUT2D eigenvalue weighted by Gasteiger charge is -2.22. The van der Waals surface area contributed by atoms with Crippen LogP contribution in [0.5, 0.6) is 0 Å². The fraction of sp³-hybridized carbons (Fsp3) is 0.360. The summed E-state index contributed by atoms with van der Waals surface area (Å²) in [5.74, 6) is -4.47. The number of aromatic nitrogens is 3. The van der Waals surface area contributed by atoms with E-state index in [-0.39, 0.29) is 40.4 Å². The van der Waals surface area contributed by atoms with Crippen LogP contribution >= 0.6 is 11.6 Å². The average molecular weight is 574 g/mol. The number of rotatable bonds is 7. The van der Waals surface area contributed by atoms with Crippen LogP contribution in [-0.4, -0.2) is 40.6 Å². The van der Waals surface area contributed by atoms with Gasteiger partial charge in [0, 0.05) is 42.4 Å². The minimum atomic E-state index is -4.70. The molecule has 0 N–H and O–H groups in total. The molecule has 1 fully saturated rings. The Hall–Kier alpha value is -2.99. The number of nitrogens with zero attached hydrogens (tertiary/aromatic N) is 3. The van der Waals surface area contributed by atoms with Gasteiger partial charge in [0.05, 0.1) is 20.9 Å². The zero-order valence-electron chi connectivity index (χ0n) is 19.8. The molecule has 1 aliphatic rings. The van der Waals surface area contributed by atoms with Crippen LogP contribution in [0, 0.1) is 17.7 Å². The van der Waals surface area contributed by atoms with Crippen LogP contribution < -0.4 is 0 Å². The Morgan fingerprint density at radius 3 is 2.32 bits per heavy atom. The lowest BCUT2D eigenvalue weighted by atomic mass is 9.95. The summed E-state index contributed by atoms with van der Waals surface area (Å²) in [5.41, 5.74) is 0.851. The number of hydrogen-bond donors (Lipinski definition) is 0. The minimum Gasteiger partial charge on any atom is -0.299 e. The summed E-state index contributed by atoms with van der Waals surface area (Å²) in [5, 5.41) is -1.13. The summed E-state index contributed by atoms with van der Waals surface area (Å²) in [6.45, 7) is 1.43. The van der Waals surface area contributed by atoms with E-state index >= 15 is 0 Å². The number of pyridine rings is 1. The van der Waals surface area contributed by atoms with E-state index in [4.69, 9.17) is 11.6 Å². The summed E-state index contributed by atoms with van der Waals surface area (Å²) < 4.78 is 92.8. The van der Waals surface area contributed by atoms with Gasteiger partial charge < -0.3 is 0 Å². The fourth-order valence-electron chi connectivity index (χ4n) is 4.64. The number of halogens is 6. The number of ketones is 1. The highest BCUT2D eigenvalue weighted by atomic mass is 35.5. The summed E-state index contributed by atoms with van der Waals surface area (Å²) in [7, 11) is -4.14. The highest BCUT2D eigenvalue weighted by molar-refractivity contribution is 7.92. The summed E-state index contributed by atoms with van der Waals surface area (Å²) in [4.78, 5) is 23.7. The van der Waals surface area contributed by atoms with Crippen LogP contribution in [0.3, 0.4) is 0 Å². The largest absolute Gasteiger partial charge is 0.451 e. The third-order valence-corrected chi connectivity index (χ3v) is 9.40. The van der Waals surface area contributed by atoms with Gasteiger partial charge in [-0.1, -0.05) is 18.5 Å². The van der Waals surface area contributed by atoms with Crippen LogP contribution in [0.25, 0.3) is 11.3 Å². The smallest absolute Gasteiger partial charge is 0.299 e. The first-order valence-electron chi connectivity index (χ1n) is 11.5. The van der Waals surface area contributed by atoms with Gasteiger partial charge >= 0.3 is 6.18 Å². The van der Waals surface area contributed by atoms with Gasteiger partial charge in [-0.25, -0.2) is 27.2 Å². The summed E-state index contributed by atoms with van der Waals surface area (Å²) >= 11 is 6.21. The van der Waals surface area contributed by atoms with E-state index in [9.17, 15) is 35.2 Å². The van der Waals surface area contributed by atoms with Crippen molar-refractivity contribution in [2.75, 3.05) is 0 Å². The Morgan fingerprint density at radius 2 is 1.71 bits per heavy atom. The first-order valence-corrected chi connectivity index (χ1v) is 13.4. The minimum absolute atomic E-state index is 0.0554. The van der Waals surface area contributed by atoms with E-state index in [0.29, 0.717) is 5.56 Å². The first kappa shape index (κ1) is 28.0. The van der Waals surface area contributed by atoms with Crippen molar-refractivity contribution in [2.24, 2.45) is 11.8 Å². The van der Waals surface area contributed by atoms with Gasteiger partial charge in [0.2, 0.25) is 5.82 Å². The van der Waals surface area contributed by atoms with Crippen molar-refractivity contribution in [3.05, 3.63) is 71.2 Å². The van der Waals surface area contributed by atoms with Crippen LogP contribution in [0.2, 0.25) is 5.02 Å². The molecule has 0 radical (unpaired) electrons. The molecule has 0 amide bonds. The number of benzene rings is 1. The molecule has 13 heteroatoms. The number of carbonyl (C=O) groups excluding carboxylic acids is 1. The number of Topliss-reactive ketones (excluding diaryl/α,β-unsaturated/α-hetero) is 1. The molecule has 0 aliphatic heterocycles. The third kappa shape index (κ3) is 5.70. The number of sulfone groups is 1. The zero-order chi connectivity index (χ0) is 27.8. The second-order valence-electron chi connectivity index (χ2n) is 9.10. The van der Waals surface area contributed by atoms with E-state index < -0.39 is 56.7 Å². The monoisotopic (exact) mass is 573 g/mol. The van der Waals surface area contributed by atoms with E-state index in [2.05, 4.69) is 15.0 Å². The molecule has 4 rings (SSSR count). The lowest BCUT2D eigenvalue weighted by molar-refractivity contribution is -0.145. The molecule has 2 heterocycles. The van der Waals surface area contributed by atoms with Crippen molar-refractivity contribution in [3.63, 3.8) is 0 Å². The van der Waals surface area contributed by atoms with Crippen molar-refractivity contribution in [1.29, 1.82) is 0 Å². The maximum absolute atomic E-state index is 14.7. The van der Waals surface area contributed by atoms with Gasteiger partial charge in [-0.3, -0.25) is 9.78 Å². The summed E-state index contributed by atoms with van der Waals surface area (Å²) in [6.07, 6.45) is -3.38. The molecule has 0 spiro atoms. The van der Waals surface area contributed by atoms with Gasteiger partial charge in [0.15, 0.2) is 9.84 Å². The van der Waals surface area contributed by atoms with E-state index in [1.54, 1.807) is 0 Å². The molecule has 3 aromatic rings. The topological polar surface area (TPSA) is 89.9 Å². The quantitative estimate of drug-likeness (QED) is 0.266. The highest BCUT2D eigenvalue weighted by Crippen LogP contribution is 2.42. The van der Waals surface area contributed by atoms with Crippen molar-refractivity contribution in [2.45, 2.75) is 48.7 Å². The molecule has 4 atom stereocenters. The zero-order valence-corrected chi connectivity index (χ0v) is 21.4. The second kappa shape index (κ2) is 10.6. The standard InChI is InChI=1S/C25H21ClF5N3O3S/c1-13-20(28)9-18(23(13)38(36,37)17-5-3-16(27)4-6-17)22(35)7-2-14-8-21(32-12-19(14)26)15-10-33-24(34-11-15)25(29,30)31/h3-6,8,10-13,18,20,23H,2,7,9H2,1H3/t13-,18-,20+,23?/m0/s1. The normalized spacial score (nSPS) is 22.0. The van der Waals surface area contributed by atoms with Gasteiger partial charge in [-0.2, -0.15) is 13.2 Å². The molecule has 1 aromatic carbocycles. The van der Waals surface area contributed by atoms with Crippen LogP contribution in [-0.2, 0) is 27.2 Å². The molecule has 202 valence electrons. The number of aryl methyl sites for hydroxylation is 1. The third-order valence-electron chi connectivity index (χ3n) is 6.66. The predicted molar refractivity (Wildman–Crippen MR) is 128 cm³/mol. The molecular weight excluding hydrogens is 553 g/mol. The van der Waals surface area contributed by atoms with Crippen LogP contribution in [0.1, 0.15) is 31.2 Å². The molecule has 1 unspecified atom stereocenters. The molecule has 2 aromatic heterocycles. The number of alkyl halides is 4. The van der Waals surface area contributed by atoms with Crippen LogP contribution in [0.4, 0.5) is 22.0 Å². The Bertz CT molecular complexity index is 1430. The van der Waals surface area contributed by atoms with E-state index in [0.717, 1.165) is 36.7 Å². The Balaban J connectivity index is 1.53.